The van der Waals surface area contributed by atoms with Crippen LogP contribution < -0.4 is 16.0 Å². The van der Waals surface area contributed by atoms with Crippen molar-refractivity contribution in [2.75, 3.05) is 16.8 Å². The van der Waals surface area contributed by atoms with Crippen LogP contribution in [-0.2, 0) is 4.79 Å². The van der Waals surface area contributed by atoms with Crippen molar-refractivity contribution in [2.24, 2.45) is 5.73 Å². The summed E-state index contributed by atoms with van der Waals surface area (Å²) in [5.74, 6) is -0.487. The molecule has 0 fully saturated rings. The van der Waals surface area contributed by atoms with E-state index < -0.39 is 6.04 Å². The number of para-hydroxylation sites is 2. The van der Waals surface area contributed by atoms with Crippen molar-refractivity contribution in [1.82, 2.24) is 0 Å². The summed E-state index contributed by atoms with van der Waals surface area (Å²) in [5, 5.41) is 2.82. The number of nitrogens with zero attached hydrogens (tertiary/aromatic N) is 1. The van der Waals surface area contributed by atoms with E-state index in [4.69, 9.17) is 5.73 Å². The van der Waals surface area contributed by atoms with E-state index in [1.807, 2.05) is 24.3 Å². The van der Waals surface area contributed by atoms with Gasteiger partial charge in [-0.1, -0.05) is 18.2 Å². The highest BCUT2D eigenvalue weighted by Crippen LogP contribution is 2.38. The van der Waals surface area contributed by atoms with Crippen LogP contribution in [0.4, 0.5) is 21.5 Å². The Bertz CT molecular complexity index is 700. The first-order valence-corrected chi connectivity index (χ1v) is 6.78. The van der Waals surface area contributed by atoms with Gasteiger partial charge in [-0.15, -0.1) is 0 Å². The number of carbonyl (C=O) groups is 1. The third-order valence-electron chi connectivity index (χ3n) is 3.55. The highest BCUT2D eigenvalue weighted by Gasteiger charge is 2.26. The van der Waals surface area contributed by atoms with Gasteiger partial charge in [-0.3, -0.25) is 4.79 Å². The summed E-state index contributed by atoms with van der Waals surface area (Å²) in [6.07, 6.45) is 0. The van der Waals surface area contributed by atoms with Gasteiger partial charge in [0.05, 0.1) is 11.4 Å². The summed E-state index contributed by atoms with van der Waals surface area (Å²) < 4.78 is 14.1. The SMILES string of the molecule is C[C@@H](N)c1c(F)cccc1N1CC(=O)Nc2ccccc21. The molecule has 1 aliphatic heterocycles. The Balaban J connectivity index is 2.18. The van der Waals surface area contributed by atoms with Crippen LogP contribution in [0.25, 0.3) is 0 Å². The Morgan fingerprint density at radius 1 is 1.19 bits per heavy atom. The van der Waals surface area contributed by atoms with Gasteiger partial charge in [-0.25, -0.2) is 4.39 Å². The quantitative estimate of drug-likeness (QED) is 0.892. The Labute approximate surface area is 122 Å². The topological polar surface area (TPSA) is 58.4 Å². The molecule has 3 rings (SSSR count). The maximum absolute atomic E-state index is 14.1. The largest absolute Gasteiger partial charge is 0.330 e. The molecular weight excluding hydrogens is 269 g/mol. The number of halogens is 1. The van der Waals surface area contributed by atoms with Crippen molar-refractivity contribution < 1.29 is 9.18 Å². The minimum absolute atomic E-state index is 0.131. The maximum Gasteiger partial charge on any atom is 0.244 e. The van der Waals surface area contributed by atoms with Crippen molar-refractivity contribution in [1.29, 1.82) is 0 Å². The van der Waals surface area contributed by atoms with Crippen LogP contribution in [0.3, 0.4) is 0 Å². The zero-order valence-electron chi connectivity index (χ0n) is 11.6. The number of anilines is 3. The van der Waals surface area contributed by atoms with E-state index in [1.54, 1.807) is 24.0 Å². The summed E-state index contributed by atoms with van der Waals surface area (Å²) >= 11 is 0. The zero-order chi connectivity index (χ0) is 15.0. The summed E-state index contributed by atoms with van der Waals surface area (Å²) in [6, 6.07) is 11.8. The van der Waals surface area contributed by atoms with Crippen LogP contribution in [0, 0.1) is 5.82 Å². The van der Waals surface area contributed by atoms with Crippen LogP contribution in [0.5, 0.6) is 0 Å². The van der Waals surface area contributed by atoms with E-state index >= 15 is 0 Å². The van der Waals surface area contributed by atoms with E-state index in [9.17, 15) is 9.18 Å². The molecule has 1 aliphatic rings. The van der Waals surface area contributed by atoms with Gasteiger partial charge in [0.1, 0.15) is 12.4 Å². The third kappa shape index (κ3) is 2.36. The van der Waals surface area contributed by atoms with E-state index in [0.29, 0.717) is 16.9 Å². The summed E-state index contributed by atoms with van der Waals surface area (Å²) in [5.41, 5.74) is 8.51. The van der Waals surface area contributed by atoms with Crippen molar-refractivity contribution in [3.8, 4) is 0 Å². The second-order valence-corrected chi connectivity index (χ2v) is 5.11. The number of nitrogens with one attached hydrogen (secondary N) is 1. The third-order valence-corrected chi connectivity index (χ3v) is 3.55. The predicted octanol–water partition coefficient (Wildman–Crippen LogP) is 2.94. The summed E-state index contributed by atoms with van der Waals surface area (Å²) in [6.45, 7) is 1.87. The van der Waals surface area contributed by atoms with Crippen LogP contribution in [-0.4, -0.2) is 12.5 Å². The number of carbonyl (C=O) groups excluding carboxylic acids is 1. The molecule has 0 aliphatic carbocycles. The van der Waals surface area contributed by atoms with E-state index in [0.717, 1.165) is 5.69 Å². The van der Waals surface area contributed by atoms with Crippen LogP contribution in [0.2, 0.25) is 0 Å². The first-order valence-electron chi connectivity index (χ1n) is 6.78. The monoisotopic (exact) mass is 285 g/mol. The maximum atomic E-state index is 14.1. The average Bonchev–Trinajstić information content (AvgIpc) is 2.45. The van der Waals surface area contributed by atoms with Gasteiger partial charge in [-0.05, 0) is 31.2 Å². The lowest BCUT2D eigenvalue weighted by atomic mass is 10.0. The fourth-order valence-corrected chi connectivity index (χ4v) is 2.66. The molecule has 3 N–H and O–H groups in total. The molecule has 4 nitrogen and oxygen atoms in total. The molecule has 1 atom stereocenters. The number of hydrogen-bond acceptors (Lipinski definition) is 3. The number of hydrogen-bond donors (Lipinski definition) is 2. The number of amides is 1. The lowest BCUT2D eigenvalue weighted by Crippen LogP contribution is -2.36. The molecule has 0 spiro atoms. The summed E-state index contributed by atoms with van der Waals surface area (Å²) in [7, 11) is 0. The fourth-order valence-electron chi connectivity index (χ4n) is 2.66. The van der Waals surface area contributed by atoms with Crippen molar-refractivity contribution in [2.45, 2.75) is 13.0 Å². The highest BCUT2D eigenvalue weighted by atomic mass is 19.1. The molecule has 0 saturated carbocycles. The second kappa shape index (κ2) is 5.18. The van der Waals surface area contributed by atoms with Gasteiger partial charge >= 0.3 is 0 Å². The summed E-state index contributed by atoms with van der Waals surface area (Å²) in [4.78, 5) is 13.7. The van der Waals surface area contributed by atoms with Crippen molar-refractivity contribution >= 4 is 23.0 Å². The Morgan fingerprint density at radius 3 is 2.67 bits per heavy atom. The lowest BCUT2D eigenvalue weighted by Gasteiger charge is -2.33. The lowest BCUT2D eigenvalue weighted by molar-refractivity contribution is -0.115. The van der Waals surface area contributed by atoms with Crippen LogP contribution in [0.15, 0.2) is 42.5 Å². The van der Waals surface area contributed by atoms with E-state index in [1.165, 1.54) is 6.07 Å². The van der Waals surface area contributed by atoms with Gasteiger partial charge < -0.3 is 16.0 Å². The van der Waals surface area contributed by atoms with E-state index in [-0.39, 0.29) is 18.3 Å². The van der Waals surface area contributed by atoms with Gasteiger partial charge in [0.15, 0.2) is 0 Å². The molecule has 1 amide bonds. The molecule has 0 unspecified atom stereocenters. The minimum Gasteiger partial charge on any atom is -0.330 e. The number of rotatable bonds is 2. The standard InChI is InChI=1S/C16H16FN3O/c1-10(18)16-11(17)5-4-8-14(16)20-9-15(21)19-12-6-2-3-7-13(12)20/h2-8,10H,9,18H2,1H3,(H,19,21)/t10-/m1/s1. The Morgan fingerprint density at radius 2 is 1.90 bits per heavy atom. The number of benzene rings is 2. The molecule has 108 valence electrons. The molecule has 0 saturated heterocycles. The van der Waals surface area contributed by atoms with Crippen molar-refractivity contribution in [3.63, 3.8) is 0 Å². The molecule has 0 radical (unpaired) electrons. The van der Waals surface area contributed by atoms with Crippen LogP contribution >= 0.6 is 0 Å². The van der Waals surface area contributed by atoms with E-state index in [2.05, 4.69) is 5.32 Å². The Kier molecular flexibility index (Phi) is 3.35. The molecule has 5 heteroatoms. The predicted molar refractivity (Wildman–Crippen MR) is 81.1 cm³/mol. The molecule has 21 heavy (non-hydrogen) atoms. The smallest absolute Gasteiger partial charge is 0.244 e. The van der Waals surface area contributed by atoms with Gasteiger partial charge in [-0.2, -0.15) is 0 Å². The molecule has 2 aromatic rings. The minimum atomic E-state index is -0.460. The molecule has 0 bridgehead atoms. The second-order valence-electron chi connectivity index (χ2n) is 5.11. The Hall–Kier alpha value is -2.40. The van der Waals surface area contributed by atoms with Crippen LogP contribution in [0.1, 0.15) is 18.5 Å². The van der Waals surface area contributed by atoms with Crippen molar-refractivity contribution in [3.05, 3.63) is 53.8 Å². The number of nitrogens with two attached hydrogens (primary N) is 1. The average molecular weight is 285 g/mol. The van der Waals surface area contributed by atoms with Gasteiger partial charge in [0.25, 0.3) is 0 Å². The molecule has 2 aromatic carbocycles. The van der Waals surface area contributed by atoms with Gasteiger partial charge in [0.2, 0.25) is 5.91 Å². The molecular formula is C16H16FN3O. The first-order chi connectivity index (χ1) is 10.1. The van der Waals surface area contributed by atoms with Gasteiger partial charge in [0, 0.05) is 17.3 Å². The normalized spacial score (nSPS) is 15.4. The molecule has 1 heterocycles. The fraction of sp³-hybridized carbons (Fsp3) is 0.188. The number of fused-ring (bicyclic) bond motifs is 1. The molecule has 0 aromatic heterocycles. The zero-order valence-corrected chi connectivity index (χ0v) is 11.6. The highest BCUT2D eigenvalue weighted by molar-refractivity contribution is 6.03. The first kappa shape index (κ1) is 13.6.